The Bertz CT molecular complexity index is 395. The fraction of sp³-hybridized carbons (Fsp3) is 0.833. The van der Waals surface area contributed by atoms with Crippen LogP contribution in [-0.4, -0.2) is 23.8 Å². The molecule has 1 aromatic heterocycles. The van der Waals surface area contributed by atoms with Crippen molar-refractivity contribution in [1.82, 2.24) is 15.5 Å². The van der Waals surface area contributed by atoms with Crippen molar-refractivity contribution in [2.24, 2.45) is 5.92 Å². The van der Waals surface area contributed by atoms with Crippen LogP contribution < -0.4 is 5.32 Å². The Morgan fingerprint density at radius 3 is 2.82 bits per heavy atom. The summed E-state index contributed by atoms with van der Waals surface area (Å²) in [6.45, 7) is 3.24. The Morgan fingerprint density at radius 1 is 1.47 bits per heavy atom. The second-order valence-electron chi connectivity index (χ2n) is 5.21. The van der Waals surface area contributed by atoms with Gasteiger partial charge in [-0.05, 0) is 38.1 Å². The molecule has 2 heterocycles. The summed E-state index contributed by atoms with van der Waals surface area (Å²) in [6.07, 6.45) is 4.33. The lowest BCUT2D eigenvalue weighted by atomic mass is 9.79. The number of hydrogen-bond donors (Lipinski definition) is 1. The Morgan fingerprint density at radius 2 is 2.29 bits per heavy atom. The van der Waals surface area contributed by atoms with Crippen LogP contribution in [0.25, 0.3) is 0 Å². The highest BCUT2D eigenvalue weighted by atomic mass is 16.5. The first-order chi connectivity index (χ1) is 8.25. The van der Waals surface area contributed by atoms with Crippen LogP contribution in [0.2, 0.25) is 0 Å². The van der Waals surface area contributed by atoms with Crippen molar-refractivity contribution in [2.75, 3.05) is 13.7 Å². The van der Waals surface area contributed by atoms with Gasteiger partial charge in [0.1, 0.15) is 5.60 Å². The third kappa shape index (κ3) is 1.68. The Hall–Kier alpha value is -0.940. The Labute approximate surface area is 101 Å². The van der Waals surface area contributed by atoms with E-state index in [0.29, 0.717) is 11.8 Å². The maximum absolute atomic E-state index is 5.56. The highest BCUT2D eigenvalue weighted by molar-refractivity contribution is 5.08. The van der Waals surface area contributed by atoms with Crippen LogP contribution in [0.4, 0.5) is 0 Å². The van der Waals surface area contributed by atoms with Crippen molar-refractivity contribution >= 4 is 0 Å². The van der Waals surface area contributed by atoms with Crippen LogP contribution in [-0.2, 0) is 10.3 Å². The predicted molar refractivity (Wildman–Crippen MR) is 61.4 cm³/mol. The van der Waals surface area contributed by atoms with E-state index in [4.69, 9.17) is 9.26 Å². The minimum Gasteiger partial charge on any atom is -0.370 e. The summed E-state index contributed by atoms with van der Waals surface area (Å²) in [5.41, 5.74) is -0.274. The monoisotopic (exact) mass is 237 g/mol. The highest BCUT2D eigenvalue weighted by Crippen LogP contribution is 2.43. The first-order valence-corrected chi connectivity index (χ1v) is 6.38. The first kappa shape index (κ1) is 11.2. The van der Waals surface area contributed by atoms with Crippen LogP contribution in [0.5, 0.6) is 0 Å². The largest absolute Gasteiger partial charge is 0.370 e. The maximum Gasteiger partial charge on any atom is 0.244 e. The van der Waals surface area contributed by atoms with Gasteiger partial charge < -0.3 is 14.6 Å². The SMILES string of the molecule is COC1(c2noc(C3NCCC3C)n2)CCC1. The van der Waals surface area contributed by atoms with Gasteiger partial charge in [0.05, 0.1) is 6.04 Å². The molecule has 1 saturated heterocycles. The lowest BCUT2D eigenvalue weighted by Crippen LogP contribution is -2.37. The van der Waals surface area contributed by atoms with Gasteiger partial charge >= 0.3 is 0 Å². The van der Waals surface area contributed by atoms with Gasteiger partial charge in [0.15, 0.2) is 0 Å². The molecule has 0 aromatic carbocycles. The average molecular weight is 237 g/mol. The molecule has 2 aliphatic rings. The molecule has 94 valence electrons. The second-order valence-corrected chi connectivity index (χ2v) is 5.21. The lowest BCUT2D eigenvalue weighted by Gasteiger charge is -2.37. The van der Waals surface area contributed by atoms with Gasteiger partial charge in [0, 0.05) is 7.11 Å². The summed E-state index contributed by atoms with van der Waals surface area (Å²) in [4.78, 5) is 4.54. The number of ether oxygens (including phenoxy) is 1. The van der Waals surface area contributed by atoms with Crippen LogP contribution in [0.1, 0.15) is 50.4 Å². The standard InChI is InChI=1S/C12H19N3O2/c1-8-4-7-13-9(8)10-14-11(15-17-10)12(16-2)5-3-6-12/h8-9,13H,3-7H2,1-2H3. The molecule has 1 aromatic rings. The summed E-state index contributed by atoms with van der Waals surface area (Å²) in [5.74, 6) is 2.00. The normalized spacial score (nSPS) is 31.4. The van der Waals surface area contributed by atoms with E-state index in [2.05, 4.69) is 22.4 Å². The van der Waals surface area contributed by atoms with Crippen molar-refractivity contribution < 1.29 is 9.26 Å². The third-order valence-corrected chi connectivity index (χ3v) is 4.20. The number of hydrogen-bond acceptors (Lipinski definition) is 5. The van der Waals surface area contributed by atoms with Gasteiger partial charge in [-0.3, -0.25) is 0 Å². The van der Waals surface area contributed by atoms with E-state index in [1.54, 1.807) is 7.11 Å². The summed E-state index contributed by atoms with van der Waals surface area (Å²) in [7, 11) is 1.73. The molecular weight excluding hydrogens is 218 g/mol. The molecule has 5 nitrogen and oxygen atoms in total. The highest BCUT2D eigenvalue weighted by Gasteiger charge is 2.44. The van der Waals surface area contributed by atoms with Crippen LogP contribution in [0.3, 0.4) is 0 Å². The summed E-state index contributed by atoms with van der Waals surface area (Å²) in [5, 5.41) is 7.51. The number of nitrogens with one attached hydrogen (secondary N) is 1. The van der Waals surface area contributed by atoms with Gasteiger partial charge in [-0.25, -0.2) is 0 Å². The molecule has 1 saturated carbocycles. The predicted octanol–water partition coefficient (Wildman–Crippen LogP) is 1.77. The van der Waals surface area contributed by atoms with E-state index in [0.717, 1.165) is 31.6 Å². The lowest BCUT2D eigenvalue weighted by molar-refractivity contribution is -0.0858. The van der Waals surface area contributed by atoms with E-state index >= 15 is 0 Å². The Balaban J connectivity index is 1.82. The molecule has 2 unspecified atom stereocenters. The molecule has 0 spiro atoms. The van der Waals surface area contributed by atoms with E-state index < -0.39 is 0 Å². The van der Waals surface area contributed by atoms with Gasteiger partial charge in [0.2, 0.25) is 11.7 Å². The molecule has 2 fully saturated rings. The minimum absolute atomic E-state index is 0.213. The van der Waals surface area contributed by atoms with Gasteiger partial charge in [0.25, 0.3) is 0 Å². The van der Waals surface area contributed by atoms with Gasteiger partial charge in [-0.15, -0.1) is 0 Å². The van der Waals surface area contributed by atoms with E-state index in [1.165, 1.54) is 6.42 Å². The van der Waals surface area contributed by atoms with Crippen molar-refractivity contribution in [2.45, 2.75) is 44.2 Å². The molecule has 2 atom stereocenters. The van der Waals surface area contributed by atoms with Crippen LogP contribution >= 0.6 is 0 Å². The number of methoxy groups -OCH3 is 1. The minimum atomic E-state index is -0.274. The Kier molecular flexibility index (Phi) is 2.67. The number of rotatable bonds is 3. The summed E-state index contributed by atoms with van der Waals surface area (Å²) < 4.78 is 11.0. The zero-order valence-corrected chi connectivity index (χ0v) is 10.4. The summed E-state index contributed by atoms with van der Waals surface area (Å²) in [6, 6.07) is 0.213. The summed E-state index contributed by atoms with van der Waals surface area (Å²) >= 11 is 0. The second kappa shape index (κ2) is 4.07. The van der Waals surface area contributed by atoms with Crippen molar-refractivity contribution in [1.29, 1.82) is 0 Å². The quantitative estimate of drug-likeness (QED) is 0.868. The van der Waals surface area contributed by atoms with Gasteiger partial charge in [-0.1, -0.05) is 12.1 Å². The topological polar surface area (TPSA) is 60.2 Å². The molecule has 5 heteroatoms. The molecule has 17 heavy (non-hydrogen) atoms. The van der Waals surface area contributed by atoms with Crippen LogP contribution in [0.15, 0.2) is 4.52 Å². The molecule has 3 rings (SSSR count). The van der Waals surface area contributed by atoms with Crippen molar-refractivity contribution in [3.05, 3.63) is 11.7 Å². The van der Waals surface area contributed by atoms with Crippen molar-refractivity contribution in [3.8, 4) is 0 Å². The number of aromatic nitrogens is 2. The molecule has 1 N–H and O–H groups in total. The average Bonchev–Trinajstić information content (AvgIpc) is 2.86. The molecule has 0 amide bonds. The van der Waals surface area contributed by atoms with E-state index in [1.807, 2.05) is 0 Å². The third-order valence-electron chi connectivity index (χ3n) is 4.20. The number of nitrogens with zero attached hydrogens (tertiary/aromatic N) is 2. The van der Waals surface area contributed by atoms with Gasteiger partial charge in [-0.2, -0.15) is 4.98 Å². The fourth-order valence-electron chi connectivity index (χ4n) is 2.73. The first-order valence-electron chi connectivity index (χ1n) is 6.38. The zero-order chi connectivity index (χ0) is 11.9. The van der Waals surface area contributed by atoms with E-state index in [9.17, 15) is 0 Å². The van der Waals surface area contributed by atoms with E-state index in [-0.39, 0.29) is 11.6 Å². The van der Waals surface area contributed by atoms with Crippen LogP contribution in [0, 0.1) is 5.92 Å². The van der Waals surface area contributed by atoms with Crippen molar-refractivity contribution in [3.63, 3.8) is 0 Å². The fourth-order valence-corrected chi connectivity index (χ4v) is 2.73. The molecule has 1 aliphatic heterocycles. The molecular formula is C12H19N3O2. The smallest absolute Gasteiger partial charge is 0.244 e. The zero-order valence-electron chi connectivity index (χ0n) is 10.4. The molecule has 0 bridgehead atoms. The molecule has 0 radical (unpaired) electrons. The maximum atomic E-state index is 5.56. The molecule has 1 aliphatic carbocycles.